The Morgan fingerprint density at radius 1 is 1.32 bits per heavy atom. The molecule has 1 amide bonds. The lowest BCUT2D eigenvalue weighted by Gasteiger charge is -2.17. The third kappa shape index (κ3) is 4.38. The van der Waals surface area contributed by atoms with Crippen molar-refractivity contribution in [2.75, 3.05) is 30.2 Å². The van der Waals surface area contributed by atoms with E-state index in [9.17, 15) is 13.2 Å². The number of ether oxygens (including phenoxy) is 2. The molecule has 2 aromatic rings. The molecule has 132 valence electrons. The smallest absolute Gasteiger partial charge is 0.252 e. The van der Waals surface area contributed by atoms with Gasteiger partial charge in [-0.25, -0.2) is 8.42 Å². The van der Waals surface area contributed by atoms with Crippen LogP contribution in [0.1, 0.15) is 5.56 Å². The number of H-pyrrole nitrogens is 1. The second-order valence-electron chi connectivity index (χ2n) is 5.50. The molecule has 1 aliphatic heterocycles. The molecule has 0 saturated heterocycles. The maximum Gasteiger partial charge on any atom is 0.252 e. The van der Waals surface area contributed by atoms with E-state index in [4.69, 9.17) is 9.47 Å². The van der Waals surface area contributed by atoms with Gasteiger partial charge in [0, 0.05) is 31.1 Å². The van der Waals surface area contributed by atoms with Crippen molar-refractivity contribution in [3.05, 3.63) is 42.1 Å². The molecule has 0 unspecified atom stereocenters. The van der Waals surface area contributed by atoms with E-state index in [1.807, 2.05) is 0 Å². The van der Waals surface area contributed by atoms with E-state index in [1.54, 1.807) is 36.5 Å². The Labute approximate surface area is 145 Å². The van der Waals surface area contributed by atoms with E-state index in [1.165, 1.54) is 11.0 Å². The number of sulfone groups is 1. The van der Waals surface area contributed by atoms with Crippen LogP contribution in [0.2, 0.25) is 0 Å². The van der Waals surface area contributed by atoms with Gasteiger partial charge in [0.05, 0.1) is 5.75 Å². The van der Waals surface area contributed by atoms with E-state index in [2.05, 4.69) is 10.2 Å². The highest BCUT2D eigenvalue weighted by Gasteiger charge is 2.18. The number of nitrogens with zero attached hydrogens (tertiary/aromatic N) is 2. The summed E-state index contributed by atoms with van der Waals surface area (Å²) in [6.45, 7) is 0.202. The number of hydrogen-bond acceptors (Lipinski definition) is 6. The van der Waals surface area contributed by atoms with Crippen molar-refractivity contribution in [2.24, 2.45) is 0 Å². The molecule has 0 atom stereocenters. The van der Waals surface area contributed by atoms with Crippen LogP contribution >= 0.6 is 0 Å². The molecule has 1 aromatic heterocycles. The fourth-order valence-corrected chi connectivity index (χ4v) is 2.79. The van der Waals surface area contributed by atoms with Crippen LogP contribution in [0.25, 0.3) is 6.08 Å². The first-order chi connectivity index (χ1) is 11.9. The quantitative estimate of drug-likeness (QED) is 0.775. The molecular weight excluding hydrogens is 346 g/mol. The third-order valence-electron chi connectivity index (χ3n) is 3.53. The zero-order valence-corrected chi connectivity index (χ0v) is 14.3. The monoisotopic (exact) mass is 363 g/mol. The van der Waals surface area contributed by atoms with Crippen LogP contribution in [0.5, 0.6) is 11.5 Å². The van der Waals surface area contributed by atoms with Crippen molar-refractivity contribution in [1.29, 1.82) is 0 Å². The number of hydrogen-bond donors (Lipinski definition) is 1. The standard InChI is InChI=1S/C16H17N3O5S/c1-25(21,22)9-8-19(15-6-7-17-18-15)16(20)5-3-12-2-4-13-14(10-12)24-11-23-13/h2-7,10H,8-9,11H2,1H3,(H,17,18)/b5-3+. The summed E-state index contributed by atoms with van der Waals surface area (Å²) in [5, 5.41) is 6.57. The van der Waals surface area contributed by atoms with Crippen LogP contribution in [-0.4, -0.2) is 49.9 Å². The SMILES string of the molecule is CS(=O)(=O)CCN(C(=O)/C=C/c1ccc2c(c1)OCO2)c1cc[nH]n1. The minimum absolute atomic E-state index is 0.0218. The third-order valence-corrected chi connectivity index (χ3v) is 4.45. The molecule has 2 heterocycles. The van der Waals surface area contributed by atoms with Gasteiger partial charge < -0.3 is 9.47 Å². The fourth-order valence-electron chi connectivity index (χ4n) is 2.27. The summed E-state index contributed by atoms with van der Waals surface area (Å²) in [4.78, 5) is 13.8. The van der Waals surface area contributed by atoms with E-state index in [0.717, 1.165) is 11.8 Å². The highest BCUT2D eigenvalue weighted by molar-refractivity contribution is 7.90. The Balaban J connectivity index is 1.75. The number of aromatic amines is 1. The van der Waals surface area contributed by atoms with Gasteiger partial charge in [0.2, 0.25) is 6.79 Å². The van der Waals surface area contributed by atoms with Crippen molar-refractivity contribution in [3.63, 3.8) is 0 Å². The van der Waals surface area contributed by atoms with Gasteiger partial charge in [0.15, 0.2) is 17.3 Å². The van der Waals surface area contributed by atoms with Crippen LogP contribution < -0.4 is 14.4 Å². The molecule has 0 aliphatic carbocycles. The Morgan fingerprint density at radius 2 is 2.12 bits per heavy atom. The van der Waals surface area contributed by atoms with Gasteiger partial charge in [-0.15, -0.1) is 0 Å². The van der Waals surface area contributed by atoms with E-state index < -0.39 is 9.84 Å². The predicted octanol–water partition coefficient (Wildman–Crippen LogP) is 1.23. The zero-order chi connectivity index (χ0) is 17.9. The summed E-state index contributed by atoms with van der Waals surface area (Å²) in [5.41, 5.74) is 0.766. The number of fused-ring (bicyclic) bond motifs is 1. The first-order valence-electron chi connectivity index (χ1n) is 7.49. The number of benzene rings is 1. The van der Waals surface area contributed by atoms with Gasteiger partial charge in [0.1, 0.15) is 9.84 Å². The molecular formula is C16H17N3O5S. The van der Waals surface area contributed by atoms with Crippen LogP contribution in [0.15, 0.2) is 36.5 Å². The molecule has 0 spiro atoms. The van der Waals surface area contributed by atoms with E-state index >= 15 is 0 Å². The highest BCUT2D eigenvalue weighted by atomic mass is 32.2. The lowest BCUT2D eigenvalue weighted by atomic mass is 10.2. The number of carbonyl (C=O) groups is 1. The Morgan fingerprint density at radius 3 is 2.84 bits per heavy atom. The largest absolute Gasteiger partial charge is 0.454 e. The first-order valence-corrected chi connectivity index (χ1v) is 9.55. The fraction of sp³-hybridized carbons (Fsp3) is 0.250. The minimum atomic E-state index is -3.20. The van der Waals surface area contributed by atoms with Gasteiger partial charge in [-0.05, 0) is 23.8 Å². The van der Waals surface area contributed by atoms with Crippen LogP contribution in [-0.2, 0) is 14.6 Å². The molecule has 1 N–H and O–H groups in total. The topological polar surface area (TPSA) is 102 Å². The number of rotatable bonds is 6. The normalized spacial score (nSPS) is 13.3. The molecule has 0 radical (unpaired) electrons. The van der Waals surface area contributed by atoms with Crippen LogP contribution in [0.3, 0.4) is 0 Å². The van der Waals surface area contributed by atoms with Crippen molar-refractivity contribution in [3.8, 4) is 11.5 Å². The summed E-state index contributed by atoms with van der Waals surface area (Å²) in [6.07, 6.45) is 5.69. The van der Waals surface area contributed by atoms with E-state index in [-0.39, 0.29) is 25.0 Å². The molecule has 1 aromatic carbocycles. The minimum Gasteiger partial charge on any atom is -0.454 e. The Hall–Kier alpha value is -2.81. The molecule has 0 bridgehead atoms. The van der Waals surface area contributed by atoms with E-state index in [0.29, 0.717) is 17.3 Å². The number of anilines is 1. The first kappa shape index (κ1) is 17.0. The number of nitrogens with one attached hydrogen (secondary N) is 1. The summed E-state index contributed by atoms with van der Waals surface area (Å²) >= 11 is 0. The average Bonchev–Trinajstić information content (AvgIpc) is 3.23. The molecule has 1 aliphatic rings. The molecule has 8 nitrogen and oxygen atoms in total. The summed E-state index contributed by atoms with van der Waals surface area (Å²) < 4.78 is 33.3. The lowest BCUT2D eigenvalue weighted by molar-refractivity contribution is -0.114. The zero-order valence-electron chi connectivity index (χ0n) is 13.5. The van der Waals surface area contributed by atoms with Gasteiger partial charge in [0.25, 0.3) is 5.91 Å². The Bertz CT molecular complexity index is 890. The lowest BCUT2D eigenvalue weighted by Crippen LogP contribution is -2.34. The van der Waals surface area contributed by atoms with Gasteiger partial charge in [-0.3, -0.25) is 14.8 Å². The highest BCUT2D eigenvalue weighted by Crippen LogP contribution is 2.32. The molecule has 9 heteroatoms. The van der Waals surface area contributed by atoms with Crippen molar-refractivity contribution < 1.29 is 22.7 Å². The number of amides is 1. The summed E-state index contributed by atoms with van der Waals surface area (Å²) in [5.74, 6) is 1.13. The number of carbonyl (C=O) groups excluding carboxylic acids is 1. The van der Waals surface area contributed by atoms with Crippen LogP contribution in [0.4, 0.5) is 5.82 Å². The molecule has 3 rings (SSSR count). The summed E-state index contributed by atoms with van der Waals surface area (Å²) in [7, 11) is -3.20. The molecule has 0 saturated carbocycles. The summed E-state index contributed by atoms with van der Waals surface area (Å²) in [6, 6.07) is 6.93. The Kier molecular flexibility index (Phi) is 4.75. The van der Waals surface area contributed by atoms with Crippen LogP contribution in [0, 0.1) is 0 Å². The van der Waals surface area contributed by atoms with Gasteiger partial charge >= 0.3 is 0 Å². The second-order valence-corrected chi connectivity index (χ2v) is 7.76. The van der Waals surface area contributed by atoms with Crippen molar-refractivity contribution >= 4 is 27.6 Å². The number of aromatic nitrogens is 2. The van der Waals surface area contributed by atoms with Gasteiger partial charge in [-0.1, -0.05) is 6.07 Å². The molecule has 0 fully saturated rings. The van der Waals surface area contributed by atoms with Crippen molar-refractivity contribution in [2.45, 2.75) is 0 Å². The van der Waals surface area contributed by atoms with Crippen molar-refractivity contribution in [1.82, 2.24) is 10.2 Å². The van der Waals surface area contributed by atoms with Gasteiger partial charge in [-0.2, -0.15) is 5.10 Å². The predicted molar refractivity (Wildman–Crippen MR) is 92.3 cm³/mol. The second kappa shape index (κ2) is 6.98. The average molecular weight is 363 g/mol. The maximum absolute atomic E-state index is 12.5. The maximum atomic E-state index is 12.5. The molecule has 25 heavy (non-hydrogen) atoms.